The average Bonchev–Trinajstić information content (AvgIpc) is 3.10. The van der Waals surface area contributed by atoms with E-state index >= 15 is 0 Å². The molecule has 0 aliphatic heterocycles. The van der Waals surface area contributed by atoms with Gasteiger partial charge in [0.1, 0.15) is 6.04 Å². The second-order valence-corrected chi connectivity index (χ2v) is 8.17. The number of fused-ring (bicyclic) bond motifs is 1. The Labute approximate surface area is 170 Å². The van der Waals surface area contributed by atoms with Crippen LogP contribution in [0.4, 0.5) is 0 Å². The molecule has 0 spiro atoms. The highest BCUT2D eigenvalue weighted by Crippen LogP contribution is 2.25. The van der Waals surface area contributed by atoms with E-state index in [4.69, 9.17) is 5.11 Å². The van der Waals surface area contributed by atoms with Crippen LogP contribution >= 0.6 is 0 Å². The van der Waals surface area contributed by atoms with Gasteiger partial charge in [0.25, 0.3) is 0 Å². The van der Waals surface area contributed by atoms with Crippen molar-refractivity contribution in [3.63, 3.8) is 0 Å². The summed E-state index contributed by atoms with van der Waals surface area (Å²) in [4.78, 5) is 39.6. The molecule has 0 radical (unpaired) electrons. The van der Waals surface area contributed by atoms with Gasteiger partial charge < -0.3 is 20.7 Å². The van der Waals surface area contributed by atoms with Gasteiger partial charge in [-0.25, -0.2) is 0 Å². The number of carbonyl (C=O) groups excluding carboxylic acids is 2. The zero-order valence-electron chi connectivity index (χ0n) is 16.9. The summed E-state index contributed by atoms with van der Waals surface area (Å²) in [7, 11) is 0. The number of para-hydroxylation sites is 1. The third kappa shape index (κ3) is 5.16. The van der Waals surface area contributed by atoms with Gasteiger partial charge in [0.05, 0.1) is 5.92 Å². The number of rotatable bonds is 7. The van der Waals surface area contributed by atoms with Crippen molar-refractivity contribution in [2.45, 2.75) is 58.0 Å². The van der Waals surface area contributed by atoms with E-state index in [9.17, 15) is 14.4 Å². The maximum Gasteiger partial charge on any atom is 0.306 e. The molecule has 3 rings (SSSR count). The van der Waals surface area contributed by atoms with Crippen molar-refractivity contribution in [3.8, 4) is 0 Å². The van der Waals surface area contributed by atoms with Gasteiger partial charge in [-0.3, -0.25) is 14.4 Å². The second kappa shape index (κ2) is 9.11. The molecule has 1 aromatic carbocycles. The minimum atomic E-state index is -0.767. The standard InChI is InChI=1S/C22H29N3O4/c1-13(2)20(26)25-19(11-15-12-23-18-6-4-3-5-17(15)18)21(27)24-16-9-7-14(8-10-16)22(28)29/h3-6,12-14,16,19,23H,7-11H2,1-2H3,(H,24,27)(H,25,26)(H,28,29). The van der Waals surface area contributed by atoms with Crippen molar-refractivity contribution >= 4 is 28.7 Å². The zero-order chi connectivity index (χ0) is 21.0. The SMILES string of the molecule is CC(C)C(=O)NC(Cc1c[nH]c2ccccc12)C(=O)NC1CCC(C(=O)O)CC1. The summed E-state index contributed by atoms with van der Waals surface area (Å²) in [6.07, 6.45) is 4.67. The van der Waals surface area contributed by atoms with Crippen LogP contribution in [0.1, 0.15) is 45.1 Å². The van der Waals surface area contributed by atoms with Crippen LogP contribution in [-0.4, -0.2) is 40.0 Å². The van der Waals surface area contributed by atoms with Crippen molar-refractivity contribution in [1.29, 1.82) is 0 Å². The summed E-state index contributed by atoms with van der Waals surface area (Å²) in [6.45, 7) is 3.59. The van der Waals surface area contributed by atoms with E-state index in [-0.39, 0.29) is 29.7 Å². The maximum atomic E-state index is 13.0. The third-order valence-electron chi connectivity index (χ3n) is 5.68. The number of aliphatic carboxylic acids is 1. The molecule has 0 saturated heterocycles. The van der Waals surface area contributed by atoms with Crippen molar-refractivity contribution in [2.75, 3.05) is 0 Å². The van der Waals surface area contributed by atoms with Crippen LogP contribution in [0.15, 0.2) is 30.5 Å². The number of carboxylic acid groups (broad SMARTS) is 1. The summed E-state index contributed by atoms with van der Waals surface area (Å²) in [6, 6.07) is 7.12. The van der Waals surface area contributed by atoms with E-state index in [1.165, 1.54) is 0 Å². The zero-order valence-corrected chi connectivity index (χ0v) is 16.9. The highest BCUT2D eigenvalue weighted by atomic mass is 16.4. The van der Waals surface area contributed by atoms with Gasteiger partial charge in [0, 0.05) is 35.5 Å². The van der Waals surface area contributed by atoms with E-state index in [1.54, 1.807) is 13.8 Å². The summed E-state index contributed by atoms with van der Waals surface area (Å²) in [5, 5.41) is 16.1. The average molecular weight is 399 g/mol. The van der Waals surface area contributed by atoms with Crippen molar-refractivity contribution in [2.24, 2.45) is 11.8 Å². The van der Waals surface area contributed by atoms with Crippen LogP contribution in [0, 0.1) is 11.8 Å². The number of carbonyl (C=O) groups is 3. The van der Waals surface area contributed by atoms with E-state index in [1.807, 2.05) is 30.5 Å². The molecule has 7 nitrogen and oxygen atoms in total. The Hall–Kier alpha value is -2.83. The Morgan fingerprint density at radius 3 is 2.45 bits per heavy atom. The molecule has 2 aromatic rings. The van der Waals surface area contributed by atoms with Crippen molar-refractivity contribution < 1.29 is 19.5 Å². The van der Waals surface area contributed by atoms with Crippen molar-refractivity contribution in [3.05, 3.63) is 36.0 Å². The molecule has 1 aliphatic rings. The number of hydrogen-bond donors (Lipinski definition) is 4. The molecule has 7 heteroatoms. The van der Waals surface area contributed by atoms with Gasteiger partial charge in [0.2, 0.25) is 11.8 Å². The Bertz CT molecular complexity index is 881. The van der Waals surface area contributed by atoms with Gasteiger partial charge in [-0.2, -0.15) is 0 Å². The minimum absolute atomic E-state index is 0.0560. The first-order valence-electron chi connectivity index (χ1n) is 10.2. The quantitative estimate of drug-likeness (QED) is 0.573. The number of carboxylic acids is 1. The van der Waals surface area contributed by atoms with Gasteiger partial charge in [-0.1, -0.05) is 32.0 Å². The number of amides is 2. The number of nitrogens with one attached hydrogen (secondary N) is 3. The molecule has 29 heavy (non-hydrogen) atoms. The topological polar surface area (TPSA) is 111 Å². The third-order valence-corrected chi connectivity index (χ3v) is 5.68. The van der Waals surface area contributed by atoms with Crippen LogP contribution < -0.4 is 10.6 Å². The summed E-state index contributed by atoms with van der Waals surface area (Å²) in [5.41, 5.74) is 1.96. The highest BCUT2D eigenvalue weighted by Gasteiger charge is 2.29. The predicted octanol–water partition coefficient (Wildman–Crippen LogP) is 2.61. The molecule has 1 fully saturated rings. The van der Waals surface area contributed by atoms with Gasteiger partial charge >= 0.3 is 5.97 Å². The van der Waals surface area contributed by atoms with E-state index < -0.39 is 12.0 Å². The molecule has 4 N–H and O–H groups in total. The van der Waals surface area contributed by atoms with Crippen LogP contribution in [-0.2, 0) is 20.8 Å². The summed E-state index contributed by atoms with van der Waals surface area (Å²) >= 11 is 0. The second-order valence-electron chi connectivity index (χ2n) is 8.17. The van der Waals surface area contributed by atoms with Gasteiger partial charge in [-0.15, -0.1) is 0 Å². The Kier molecular flexibility index (Phi) is 6.56. The molecule has 2 amide bonds. The van der Waals surface area contributed by atoms with E-state index in [0.29, 0.717) is 32.1 Å². The Morgan fingerprint density at radius 1 is 1.10 bits per heavy atom. The number of benzene rings is 1. The summed E-state index contributed by atoms with van der Waals surface area (Å²) in [5.74, 6) is -1.70. The molecule has 1 atom stereocenters. The number of hydrogen-bond acceptors (Lipinski definition) is 3. The molecule has 156 valence electrons. The Balaban J connectivity index is 1.70. The van der Waals surface area contributed by atoms with E-state index in [2.05, 4.69) is 15.6 Å². The highest BCUT2D eigenvalue weighted by molar-refractivity contribution is 5.90. The molecule has 1 unspecified atom stereocenters. The molecule has 1 aromatic heterocycles. The minimum Gasteiger partial charge on any atom is -0.481 e. The maximum absolute atomic E-state index is 13.0. The molecule has 0 bridgehead atoms. The molecule has 1 heterocycles. The fourth-order valence-electron chi connectivity index (χ4n) is 3.85. The van der Waals surface area contributed by atoms with Crippen LogP contribution in [0.3, 0.4) is 0 Å². The smallest absolute Gasteiger partial charge is 0.306 e. The molecule has 1 aliphatic carbocycles. The van der Waals surface area contributed by atoms with Crippen LogP contribution in [0.25, 0.3) is 10.9 Å². The lowest BCUT2D eigenvalue weighted by molar-refractivity contribution is -0.143. The lowest BCUT2D eigenvalue weighted by Crippen LogP contribution is -2.52. The fraction of sp³-hybridized carbons (Fsp3) is 0.500. The van der Waals surface area contributed by atoms with Crippen molar-refractivity contribution in [1.82, 2.24) is 15.6 Å². The first kappa shape index (κ1) is 20.9. The lowest BCUT2D eigenvalue weighted by atomic mass is 9.86. The monoisotopic (exact) mass is 399 g/mol. The Morgan fingerprint density at radius 2 is 1.79 bits per heavy atom. The number of H-pyrrole nitrogens is 1. The van der Waals surface area contributed by atoms with Crippen LogP contribution in [0.2, 0.25) is 0 Å². The van der Waals surface area contributed by atoms with Crippen LogP contribution in [0.5, 0.6) is 0 Å². The number of aromatic nitrogens is 1. The molecular weight excluding hydrogens is 370 g/mol. The van der Waals surface area contributed by atoms with E-state index in [0.717, 1.165) is 16.5 Å². The van der Waals surface area contributed by atoms with Gasteiger partial charge in [-0.05, 0) is 37.3 Å². The fourth-order valence-corrected chi connectivity index (χ4v) is 3.85. The van der Waals surface area contributed by atoms with Gasteiger partial charge in [0.15, 0.2) is 0 Å². The summed E-state index contributed by atoms with van der Waals surface area (Å²) < 4.78 is 0. The first-order valence-corrected chi connectivity index (χ1v) is 10.2. The predicted molar refractivity (Wildman–Crippen MR) is 110 cm³/mol. The lowest BCUT2D eigenvalue weighted by Gasteiger charge is -2.29. The normalized spacial score (nSPS) is 20.4. The largest absolute Gasteiger partial charge is 0.481 e. The molecule has 1 saturated carbocycles. The number of aromatic amines is 1. The first-order chi connectivity index (χ1) is 13.8. The molecular formula is C22H29N3O4.